The lowest BCUT2D eigenvalue weighted by molar-refractivity contribution is 0.419. The van der Waals surface area contributed by atoms with E-state index in [4.69, 9.17) is 11.1 Å². The summed E-state index contributed by atoms with van der Waals surface area (Å²) in [6.45, 7) is 7.66. The Hall–Kier alpha value is -2.03. The number of fused-ring (bicyclic) bond motifs is 1. The molecule has 0 fully saturated rings. The molecule has 0 atom stereocenters. The van der Waals surface area contributed by atoms with Crippen LogP contribution in [-0.2, 0) is 0 Å². The first-order valence-corrected chi connectivity index (χ1v) is 6.87. The average molecular weight is 269 g/mol. The SMILES string of the molecule is CN(CC(C)(C)C)c1ccc(C(=N)N)c2ccccc12. The van der Waals surface area contributed by atoms with Crippen molar-refractivity contribution in [2.75, 3.05) is 18.5 Å². The zero-order valence-electron chi connectivity index (χ0n) is 12.7. The largest absolute Gasteiger partial charge is 0.384 e. The molecule has 0 aliphatic carbocycles. The molecule has 0 heterocycles. The van der Waals surface area contributed by atoms with Gasteiger partial charge in [-0.05, 0) is 22.9 Å². The molecular formula is C17H23N3. The summed E-state index contributed by atoms with van der Waals surface area (Å²) < 4.78 is 0. The van der Waals surface area contributed by atoms with Crippen molar-refractivity contribution in [3.63, 3.8) is 0 Å². The molecule has 0 unspecified atom stereocenters. The highest BCUT2D eigenvalue weighted by atomic mass is 15.1. The van der Waals surface area contributed by atoms with E-state index in [1.54, 1.807) is 0 Å². The summed E-state index contributed by atoms with van der Waals surface area (Å²) in [4.78, 5) is 2.27. The molecule has 2 aromatic carbocycles. The Morgan fingerprint density at radius 1 is 1.10 bits per heavy atom. The second kappa shape index (κ2) is 5.16. The minimum Gasteiger partial charge on any atom is -0.384 e. The fourth-order valence-electron chi connectivity index (χ4n) is 2.65. The number of rotatable bonds is 3. The molecule has 0 radical (unpaired) electrons. The minimum atomic E-state index is 0.117. The quantitative estimate of drug-likeness (QED) is 0.660. The number of nitrogens with two attached hydrogens (primary N) is 1. The number of amidine groups is 1. The van der Waals surface area contributed by atoms with Crippen molar-refractivity contribution in [2.24, 2.45) is 11.1 Å². The van der Waals surface area contributed by atoms with Gasteiger partial charge >= 0.3 is 0 Å². The van der Waals surface area contributed by atoms with Gasteiger partial charge in [-0.3, -0.25) is 5.41 Å². The lowest BCUT2D eigenvalue weighted by atomic mass is 9.95. The van der Waals surface area contributed by atoms with Crippen LogP contribution in [0.5, 0.6) is 0 Å². The highest BCUT2D eigenvalue weighted by molar-refractivity contribution is 6.10. The topological polar surface area (TPSA) is 53.1 Å². The highest BCUT2D eigenvalue weighted by Gasteiger charge is 2.16. The summed E-state index contributed by atoms with van der Waals surface area (Å²) in [5.41, 5.74) is 7.89. The number of nitrogens with zero attached hydrogens (tertiary/aromatic N) is 1. The van der Waals surface area contributed by atoms with E-state index in [2.05, 4.69) is 44.9 Å². The Morgan fingerprint density at radius 3 is 2.25 bits per heavy atom. The van der Waals surface area contributed by atoms with Gasteiger partial charge in [0.1, 0.15) is 5.84 Å². The molecule has 0 saturated carbocycles. The third kappa shape index (κ3) is 2.93. The van der Waals surface area contributed by atoms with Crippen LogP contribution < -0.4 is 10.6 Å². The van der Waals surface area contributed by atoms with E-state index in [0.29, 0.717) is 0 Å². The Bertz CT molecular complexity index is 638. The van der Waals surface area contributed by atoms with E-state index < -0.39 is 0 Å². The van der Waals surface area contributed by atoms with Crippen molar-refractivity contribution >= 4 is 22.3 Å². The van der Waals surface area contributed by atoms with Crippen molar-refractivity contribution in [1.82, 2.24) is 0 Å². The molecule has 3 nitrogen and oxygen atoms in total. The maximum Gasteiger partial charge on any atom is 0.123 e. The van der Waals surface area contributed by atoms with Gasteiger partial charge in [0, 0.05) is 30.2 Å². The van der Waals surface area contributed by atoms with Crippen LogP contribution in [0.25, 0.3) is 10.8 Å². The monoisotopic (exact) mass is 269 g/mol. The van der Waals surface area contributed by atoms with Crippen LogP contribution in [0.15, 0.2) is 36.4 Å². The first-order chi connectivity index (χ1) is 9.29. The lowest BCUT2D eigenvalue weighted by Gasteiger charge is -2.29. The fourth-order valence-corrected chi connectivity index (χ4v) is 2.65. The fraction of sp³-hybridized carbons (Fsp3) is 0.353. The van der Waals surface area contributed by atoms with Gasteiger partial charge in [0.25, 0.3) is 0 Å². The predicted molar refractivity (Wildman–Crippen MR) is 87.7 cm³/mol. The lowest BCUT2D eigenvalue weighted by Crippen LogP contribution is -2.29. The van der Waals surface area contributed by atoms with Gasteiger partial charge in [-0.15, -0.1) is 0 Å². The van der Waals surface area contributed by atoms with Crippen LogP contribution in [0.2, 0.25) is 0 Å². The number of hydrogen-bond donors (Lipinski definition) is 2. The van der Waals surface area contributed by atoms with Crippen LogP contribution in [-0.4, -0.2) is 19.4 Å². The summed E-state index contributed by atoms with van der Waals surface area (Å²) in [5.74, 6) is 0.117. The molecule has 0 aliphatic rings. The second-order valence-electron chi connectivity index (χ2n) is 6.51. The molecule has 0 saturated heterocycles. The summed E-state index contributed by atoms with van der Waals surface area (Å²) in [6.07, 6.45) is 0. The Labute approximate surface area is 120 Å². The predicted octanol–water partition coefficient (Wildman–Crippen LogP) is 3.61. The number of anilines is 1. The Morgan fingerprint density at radius 2 is 1.70 bits per heavy atom. The number of nitrogens with one attached hydrogen (secondary N) is 1. The van der Waals surface area contributed by atoms with Gasteiger partial charge in [0.15, 0.2) is 0 Å². The number of nitrogen functional groups attached to an aromatic ring is 1. The first-order valence-electron chi connectivity index (χ1n) is 6.87. The summed E-state index contributed by atoms with van der Waals surface area (Å²) in [7, 11) is 2.11. The molecule has 3 N–H and O–H groups in total. The summed E-state index contributed by atoms with van der Waals surface area (Å²) >= 11 is 0. The van der Waals surface area contributed by atoms with E-state index in [-0.39, 0.29) is 11.3 Å². The maximum atomic E-state index is 7.70. The Balaban J connectivity index is 2.56. The third-order valence-corrected chi connectivity index (χ3v) is 3.31. The van der Waals surface area contributed by atoms with Crippen molar-refractivity contribution < 1.29 is 0 Å². The van der Waals surface area contributed by atoms with E-state index in [9.17, 15) is 0 Å². The van der Waals surface area contributed by atoms with Gasteiger partial charge in [-0.1, -0.05) is 45.0 Å². The molecule has 0 spiro atoms. The smallest absolute Gasteiger partial charge is 0.123 e. The van der Waals surface area contributed by atoms with Crippen molar-refractivity contribution in [2.45, 2.75) is 20.8 Å². The standard InChI is InChI=1S/C17H23N3/c1-17(2,3)11-20(4)15-10-9-14(16(18)19)12-7-5-6-8-13(12)15/h5-10H,11H2,1-4H3,(H3,18,19). The molecule has 0 amide bonds. The van der Waals surface area contributed by atoms with E-state index in [0.717, 1.165) is 22.9 Å². The zero-order chi connectivity index (χ0) is 14.9. The molecule has 20 heavy (non-hydrogen) atoms. The van der Waals surface area contributed by atoms with Gasteiger partial charge in [-0.25, -0.2) is 0 Å². The first kappa shape index (κ1) is 14.4. The average Bonchev–Trinajstić information content (AvgIpc) is 2.35. The Kier molecular flexibility index (Phi) is 3.71. The zero-order valence-corrected chi connectivity index (χ0v) is 12.7. The maximum absolute atomic E-state index is 7.70. The third-order valence-electron chi connectivity index (χ3n) is 3.31. The van der Waals surface area contributed by atoms with Crippen molar-refractivity contribution in [3.05, 3.63) is 42.0 Å². The minimum absolute atomic E-state index is 0.117. The molecule has 0 aliphatic heterocycles. The van der Waals surface area contributed by atoms with Crippen molar-refractivity contribution in [1.29, 1.82) is 5.41 Å². The van der Waals surface area contributed by atoms with Gasteiger partial charge in [0.05, 0.1) is 0 Å². The van der Waals surface area contributed by atoms with Crippen molar-refractivity contribution in [3.8, 4) is 0 Å². The highest BCUT2D eigenvalue weighted by Crippen LogP contribution is 2.30. The van der Waals surface area contributed by atoms with Crippen LogP contribution in [0.1, 0.15) is 26.3 Å². The molecule has 106 valence electrons. The molecular weight excluding hydrogens is 246 g/mol. The van der Waals surface area contributed by atoms with Gasteiger partial charge < -0.3 is 10.6 Å². The number of benzene rings is 2. The van der Waals surface area contributed by atoms with Crippen LogP contribution >= 0.6 is 0 Å². The second-order valence-corrected chi connectivity index (χ2v) is 6.51. The van der Waals surface area contributed by atoms with Gasteiger partial charge in [0.2, 0.25) is 0 Å². The van der Waals surface area contributed by atoms with Crippen LogP contribution in [0.3, 0.4) is 0 Å². The van der Waals surface area contributed by atoms with E-state index >= 15 is 0 Å². The molecule has 3 heteroatoms. The van der Waals surface area contributed by atoms with E-state index in [1.807, 2.05) is 24.3 Å². The van der Waals surface area contributed by atoms with Crippen LogP contribution in [0, 0.1) is 10.8 Å². The van der Waals surface area contributed by atoms with Gasteiger partial charge in [-0.2, -0.15) is 0 Å². The molecule has 2 rings (SSSR count). The molecule has 2 aromatic rings. The molecule has 0 aromatic heterocycles. The number of hydrogen-bond acceptors (Lipinski definition) is 2. The summed E-state index contributed by atoms with van der Waals surface area (Å²) in [5, 5.41) is 9.89. The van der Waals surface area contributed by atoms with E-state index in [1.165, 1.54) is 5.69 Å². The van der Waals surface area contributed by atoms with Crippen LogP contribution in [0.4, 0.5) is 5.69 Å². The molecule has 0 bridgehead atoms. The summed E-state index contributed by atoms with van der Waals surface area (Å²) in [6, 6.07) is 12.1. The normalized spacial score (nSPS) is 11.6.